The topological polar surface area (TPSA) is 29.1 Å². The predicted molar refractivity (Wildman–Crippen MR) is 77.4 cm³/mol. The molecule has 2 heteroatoms. The maximum absolute atomic E-state index is 12.4. The van der Waals surface area contributed by atoms with Crippen molar-refractivity contribution in [2.24, 2.45) is 23.2 Å². The minimum Gasteiger partial charge on any atom is -0.355 e. The molecule has 106 valence electrons. The zero-order valence-electron chi connectivity index (χ0n) is 12.9. The van der Waals surface area contributed by atoms with Gasteiger partial charge in [-0.3, -0.25) is 4.79 Å². The van der Waals surface area contributed by atoms with Crippen LogP contribution in [0.3, 0.4) is 0 Å². The second-order valence-electron chi connectivity index (χ2n) is 6.70. The summed E-state index contributed by atoms with van der Waals surface area (Å²) in [4.78, 5) is 12.4. The molecule has 18 heavy (non-hydrogen) atoms. The van der Waals surface area contributed by atoms with E-state index in [4.69, 9.17) is 0 Å². The van der Waals surface area contributed by atoms with Crippen molar-refractivity contribution < 1.29 is 4.79 Å². The van der Waals surface area contributed by atoms with E-state index in [1.54, 1.807) is 0 Å². The second kappa shape index (κ2) is 6.58. The Hall–Kier alpha value is -0.530. The summed E-state index contributed by atoms with van der Waals surface area (Å²) in [6.07, 6.45) is 5.61. The molecule has 1 aliphatic carbocycles. The number of amides is 1. The number of nitrogens with one attached hydrogen (secondary N) is 1. The first-order valence-corrected chi connectivity index (χ1v) is 7.71. The van der Waals surface area contributed by atoms with E-state index in [0.29, 0.717) is 23.7 Å². The Morgan fingerprint density at radius 3 is 2.00 bits per heavy atom. The molecule has 0 unspecified atom stereocenters. The van der Waals surface area contributed by atoms with Crippen molar-refractivity contribution in [2.75, 3.05) is 6.54 Å². The quantitative estimate of drug-likeness (QED) is 0.761. The second-order valence-corrected chi connectivity index (χ2v) is 6.70. The number of carbonyl (C=O) groups is 1. The van der Waals surface area contributed by atoms with Crippen LogP contribution < -0.4 is 5.32 Å². The molecule has 0 bridgehead atoms. The Labute approximate surface area is 113 Å². The molecule has 0 atom stereocenters. The van der Waals surface area contributed by atoms with Crippen LogP contribution in [0.25, 0.3) is 0 Å². The molecular formula is C16H31NO. The highest BCUT2D eigenvalue weighted by Crippen LogP contribution is 2.41. The van der Waals surface area contributed by atoms with Crippen LogP contribution in [0.2, 0.25) is 0 Å². The van der Waals surface area contributed by atoms with Gasteiger partial charge < -0.3 is 5.32 Å². The van der Waals surface area contributed by atoms with E-state index in [9.17, 15) is 4.79 Å². The molecule has 1 rings (SSSR count). The standard InChI is InChI=1S/C16H31NO/c1-6-16(9-7-8-10-16)15(18)17-11-14(12(2)3)13(4)5/h12-14H,6-11H2,1-5H3,(H,17,18). The van der Waals surface area contributed by atoms with E-state index in [1.807, 2.05) is 0 Å². The lowest BCUT2D eigenvalue weighted by Crippen LogP contribution is -2.42. The average molecular weight is 253 g/mol. The Morgan fingerprint density at radius 1 is 1.11 bits per heavy atom. The zero-order valence-corrected chi connectivity index (χ0v) is 12.9. The molecule has 0 aromatic carbocycles. The van der Waals surface area contributed by atoms with E-state index >= 15 is 0 Å². The Morgan fingerprint density at radius 2 is 1.61 bits per heavy atom. The summed E-state index contributed by atoms with van der Waals surface area (Å²) in [6.45, 7) is 12.0. The molecule has 0 heterocycles. The van der Waals surface area contributed by atoms with Crippen LogP contribution >= 0.6 is 0 Å². The molecule has 1 N–H and O–H groups in total. The minimum absolute atomic E-state index is 0.0431. The lowest BCUT2D eigenvalue weighted by atomic mass is 9.81. The third-order valence-electron chi connectivity index (χ3n) is 4.93. The van der Waals surface area contributed by atoms with E-state index in [-0.39, 0.29) is 5.41 Å². The van der Waals surface area contributed by atoms with E-state index in [2.05, 4.69) is 39.9 Å². The van der Waals surface area contributed by atoms with Gasteiger partial charge in [0.05, 0.1) is 0 Å². The molecule has 1 amide bonds. The van der Waals surface area contributed by atoms with Crippen molar-refractivity contribution in [1.29, 1.82) is 0 Å². The Kier molecular flexibility index (Phi) is 5.68. The van der Waals surface area contributed by atoms with Gasteiger partial charge in [-0.05, 0) is 37.0 Å². The van der Waals surface area contributed by atoms with Crippen LogP contribution in [0.1, 0.15) is 66.7 Å². The molecule has 0 saturated heterocycles. The largest absolute Gasteiger partial charge is 0.355 e. The van der Waals surface area contributed by atoms with Crippen LogP contribution in [0, 0.1) is 23.2 Å². The molecule has 1 saturated carbocycles. The molecule has 0 radical (unpaired) electrons. The average Bonchev–Trinajstić information content (AvgIpc) is 2.77. The van der Waals surface area contributed by atoms with Crippen molar-refractivity contribution >= 4 is 5.91 Å². The SMILES string of the molecule is CCC1(C(=O)NCC(C(C)C)C(C)C)CCCC1. The van der Waals surface area contributed by atoms with Crippen molar-refractivity contribution in [2.45, 2.75) is 66.7 Å². The zero-order chi connectivity index (χ0) is 13.8. The van der Waals surface area contributed by atoms with Crippen molar-refractivity contribution in [3.63, 3.8) is 0 Å². The number of hydrogen-bond acceptors (Lipinski definition) is 1. The van der Waals surface area contributed by atoms with Gasteiger partial charge in [-0.2, -0.15) is 0 Å². The lowest BCUT2D eigenvalue weighted by molar-refractivity contribution is -0.131. The van der Waals surface area contributed by atoms with Crippen molar-refractivity contribution in [3.8, 4) is 0 Å². The monoisotopic (exact) mass is 253 g/mol. The maximum atomic E-state index is 12.4. The highest BCUT2D eigenvalue weighted by Gasteiger charge is 2.39. The molecule has 1 fully saturated rings. The fourth-order valence-electron chi connectivity index (χ4n) is 3.43. The Balaban J connectivity index is 2.54. The first kappa shape index (κ1) is 15.5. The third-order valence-corrected chi connectivity index (χ3v) is 4.93. The molecule has 1 aliphatic rings. The first-order chi connectivity index (χ1) is 8.43. The molecule has 0 aromatic heterocycles. The van der Waals surface area contributed by atoms with Crippen LogP contribution in [0.4, 0.5) is 0 Å². The summed E-state index contributed by atoms with van der Waals surface area (Å²) in [5.74, 6) is 2.16. The predicted octanol–water partition coefficient (Wildman–Crippen LogP) is 4.00. The van der Waals surface area contributed by atoms with Crippen molar-refractivity contribution in [1.82, 2.24) is 5.32 Å². The van der Waals surface area contributed by atoms with Gasteiger partial charge in [0, 0.05) is 12.0 Å². The lowest BCUT2D eigenvalue weighted by Gasteiger charge is -2.30. The summed E-state index contributed by atoms with van der Waals surface area (Å²) in [5, 5.41) is 3.24. The first-order valence-electron chi connectivity index (χ1n) is 7.71. The summed E-state index contributed by atoms with van der Waals surface area (Å²) in [7, 11) is 0. The van der Waals surface area contributed by atoms with Gasteiger partial charge in [0.2, 0.25) is 5.91 Å². The van der Waals surface area contributed by atoms with Gasteiger partial charge in [0.15, 0.2) is 0 Å². The number of hydrogen-bond donors (Lipinski definition) is 1. The van der Waals surface area contributed by atoms with Crippen LogP contribution in [0.15, 0.2) is 0 Å². The summed E-state index contributed by atoms with van der Waals surface area (Å²) < 4.78 is 0. The summed E-state index contributed by atoms with van der Waals surface area (Å²) in [5.41, 5.74) is -0.0431. The third kappa shape index (κ3) is 3.49. The van der Waals surface area contributed by atoms with Gasteiger partial charge >= 0.3 is 0 Å². The molecule has 0 aliphatic heterocycles. The van der Waals surface area contributed by atoms with E-state index in [1.165, 1.54) is 12.8 Å². The van der Waals surface area contributed by atoms with Gasteiger partial charge in [-0.15, -0.1) is 0 Å². The maximum Gasteiger partial charge on any atom is 0.226 e. The molecular weight excluding hydrogens is 222 g/mol. The van der Waals surface area contributed by atoms with Gasteiger partial charge in [-0.1, -0.05) is 47.5 Å². The van der Waals surface area contributed by atoms with E-state index < -0.39 is 0 Å². The van der Waals surface area contributed by atoms with Gasteiger partial charge in [-0.25, -0.2) is 0 Å². The van der Waals surface area contributed by atoms with E-state index in [0.717, 1.165) is 25.8 Å². The van der Waals surface area contributed by atoms with Gasteiger partial charge in [0.25, 0.3) is 0 Å². The normalized spacial score (nSPS) is 18.9. The fourth-order valence-corrected chi connectivity index (χ4v) is 3.43. The summed E-state index contributed by atoms with van der Waals surface area (Å²) in [6, 6.07) is 0. The minimum atomic E-state index is -0.0431. The van der Waals surface area contributed by atoms with Crippen LogP contribution in [-0.2, 0) is 4.79 Å². The van der Waals surface area contributed by atoms with Crippen molar-refractivity contribution in [3.05, 3.63) is 0 Å². The summed E-state index contributed by atoms with van der Waals surface area (Å²) >= 11 is 0. The number of carbonyl (C=O) groups excluding carboxylic acids is 1. The smallest absolute Gasteiger partial charge is 0.226 e. The fraction of sp³-hybridized carbons (Fsp3) is 0.938. The number of rotatable bonds is 6. The van der Waals surface area contributed by atoms with Crippen LogP contribution in [-0.4, -0.2) is 12.5 Å². The van der Waals surface area contributed by atoms with Gasteiger partial charge in [0.1, 0.15) is 0 Å². The Bertz CT molecular complexity index is 256. The highest BCUT2D eigenvalue weighted by molar-refractivity contribution is 5.82. The highest BCUT2D eigenvalue weighted by atomic mass is 16.2. The van der Waals surface area contributed by atoms with Crippen LogP contribution in [0.5, 0.6) is 0 Å². The molecule has 0 aromatic rings. The molecule has 0 spiro atoms. The molecule has 2 nitrogen and oxygen atoms in total.